The molecule has 3 N–H and O–H groups in total. The van der Waals surface area contributed by atoms with Crippen molar-refractivity contribution in [2.24, 2.45) is 0 Å². The number of aromatic nitrogens is 2. The number of imidazole rings is 1. The third kappa shape index (κ3) is 3.92. The first-order valence-corrected chi connectivity index (χ1v) is 10.3. The van der Waals surface area contributed by atoms with Crippen molar-refractivity contribution in [2.45, 2.75) is 24.8 Å². The van der Waals surface area contributed by atoms with Crippen LogP contribution in [0.25, 0.3) is 11.0 Å². The van der Waals surface area contributed by atoms with E-state index in [1.807, 2.05) is 78.9 Å². The fraction of sp³-hybridized carbons (Fsp3) is 0.160. The van der Waals surface area contributed by atoms with E-state index in [1.165, 1.54) is 0 Å². The fourth-order valence-electron chi connectivity index (χ4n) is 4.12. The van der Waals surface area contributed by atoms with E-state index >= 15 is 0 Å². The van der Waals surface area contributed by atoms with Gasteiger partial charge in [0.1, 0.15) is 5.82 Å². The van der Waals surface area contributed by atoms with E-state index in [9.17, 15) is 9.59 Å². The maximum Gasteiger partial charge on any atom is 0.228 e. The molecule has 1 aromatic heterocycles. The molecule has 0 spiro atoms. The van der Waals surface area contributed by atoms with Crippen molar-refractivity contribution >= 4 is 28.5 Å². The molecule has 0 radical (unpaired) electrons. The van der Waals surface area contributed by atoms with Gasteiger partial charge in [-0.25, -0.2) is 4.98 Å². The van der Waals surface area contributed by atoms with Gasteiger partial charge in [0.2, 0.25) is 11.8 Å². The number of aromatic amines is 1. The first-order valence-electron chi connectivity index (χ1n) is 10.3. The average Bonchev–Trinajstić information content (AvgIpc) is 3.23. The van der Waals surface area contributed by atoms with E-state index in [1.54, 1.807) is 0 Å². The number of carbonyl (C=O) groups excluding carboxylic acids is 2. The summed E-state index contributed by atoms with van der Waals surface area (Å²) in [7, 11) is 0. The zero-order valence-corrected chi connectivity index (χ0v) is 16.8. The van der Waals surface area contributed by atoms with Crippen LogP contribution in [0.5, 0.6) is 0 Å². The molecule has 1 aliphatic rings. The molecule has 0 fully saturated rings. The van der Waals surface area contributed by atoms with Gasteiger partial charge in [0.05, 0.1) is 23.0 Å². The highest BCUT2D eigenvalue weighted by molar-refractivity contribution is 6.01. The van der Waals surface area contributed by atoms with Crippen molar-refractivity contribution in [2.75, 3.05) is 5.32 Å². The second kappa shape index (κ2) is 8.07. The average molecular weight is 410 g/mol. The smallest absolute Gasteiger partial charge is 0.228 e. The first kappa shape index (κ1) is 19.1. The minimum absolute atomic E-state index is 0.126. The summed E-state index contributed by atoms with van der Waals surface area (Å²) in [6.07, 6.45) is 0.716. The third-order valence-corrected chi connectivity index (χ3v) is 5.65. The highest BCUT2D eigenvalue weighted by Crippen LogP contribution is 2.33. The van der Waals surface area contributed by atoms with Crippen molar-refractivity contribution in [1.82, 2.24) is 15.3 Å². The normalized spacial score (nSPS) is 16.4. The summed E-state index contributed by atoms with van der Waals surface area (Å²) in [5, 5.41) is 6.01. The monoisotopic (exact) mass is 410 g/mol. The van der Waals surface area contributed by atoms with Crippen LogP contribution < -0.4 is 10.6 Å². The van der Waals surface area contributed by atoms with Gasteiger partial charge in [-0.2, -0.15) is 0 Å². The van der Waals surface area contributed by atoms with Gasteiger partial charge < -0.3 is 15.6 Å². The zero-order chi connectivity index (χ0) is 21.2. The number of fused-ring (bicyclic) bond motifs is 2. The topological polar surface area (TPSA) is 86.9 Å². The molecule has 0 saturated heterocycles. The van der Waals surface area contributed by atoms with Gasteiger partial charge in [-0.15, -0.1) is 0 Å². The Morgan fingerprint density at radius 2 is 1.74 bits per heavy atom. The Labute approximate surface area is 179 Å². The highest BCUT2D eigenvalue weighted by atomic mass is 16.2. The first-order chi connectivity index (χ1) is 15.2. The van der Waals surface area contributed by atoms with Crippen LogP contribution in [-0.4, -0.2) is 21.8 Å². The SMILES string of the molecule is O=C1C[C@@H](C(=O)N[C@@H](Cc2ccccc2)c2nc3ccccc3[nH]2)c2ccccc2N1. The van der Waals surface area contributed by atoms with Crippen LogP contribution in [0, 0.1) is 0 Å². The summed E-state index contributed by atoms with van der Waals surface area (Å²) in [6, 6.07) is 24.9. The Balaban J connectivity index is 1.47. The molecule has 6 heteroatoms. The molecule has 0 unspecified atom stereocenters. The van der Waals surface area contributed by atoms with Crippen LogP contribution in [0.3, 0.4) is 0 Å². The number of H-pyrrole nitrogens is 1. The quantitative estimate of drug-likeness (QED) is 0.463. The summed E-state index contributed by atoms with van der Waals surface area (Å²) >= 11 is 0. The summed E-state index contributed by atoms with van der Waals surface area (Å²) in [5.41, 5.74) is 4.40. The van der Waals surface area contributed by atoms with Crippen LogP contribution >= 0.6 is 0 Å². The van der Waals surface area contributed by atoms with E-state index in [0.29, 0.717) is 17.9 Å². The van der Waals surface area contributed by atoms with E-state index in [4.69, 9.17) is 4.98 Å². The maximum absolute atomic E-state index is 13.4. The largest absolute Gasteiger partial charge is 0.345 e. The number of amides is 2. The van der Waals surface area contributed by atoms with Gasteiger partial charge in [0.25, 0.3) is 0 Å². The molecule has 2 heterocycles. The molecule has 31 heavy (non-hydrogen) atoms. The van der Waals surface area contributed by atoms with Gasteiger partial charge >= 0.3 is 0 Å². The molecule has 154 valence electrons. The van der Waals surface area contributed by atoms with Crippen LogP contribution in [-0.2, 0) is 16.0 Å². The van der Waals surface area contributed by atoms with Gasteiger partial charge in [0, 0.05) is 12.1 Å². The number of hydrogen-bond acceptors (Lipinski definition) is 3. The van der Waals surface area contributed by atoms with Crippen LogP contribution in [0.4, 0.5) is 5.69 Å². The molecular weight excluding hydrogens is 388 g/mol. The molecule has 1 aliphatic heterocycles. The number of nitrogens with zero attached hydrogens (tertiary/aromatic N) is 1. The van der Waals surface area contributed by atoms with Gasteiger partial charge in [0.15, 0.2) is 0 Å². The van der Waals surface area contributed by atoms with E-state index < -0.39 is 5.92 Å². The second-order valence-electron chi connectivity index (χ2n) is 7.78. The fourth-order valence-corrected chi connectivity index (χ4v) is 4.12. The van der Waals surface area contributed by atoms with Crippen molar-refractivity contribution in [3.8, 4) is 0 Å². The highest BCUT2D eigenvalue weighted by Gasteiger charge is 2.32. The molecule has 0 aliphatic carbocycles. The van der Waals surface area contributed by atoms with Crippen molar-refractivity contribution < 1.29 is 9.59 Å². The lowest BCUT2D eigenvalue weighted by Gasteiger charge is -2.26. The number of benzene rings is 3. The van der Waals surface area contributed by atoms with Gasteiger partial charge in [-0.05, 0) is 35.7 Å². The predicted octanol–water partition coefficient (Wildman–Crippen LogP) is 4.09. The number of hydrogen-bond donors (Lipinski definition) is 3. The van der Waals surface area contributed by atoms with Crippen LogP contribution in [0.15, 0.2) is 78.9 Å². The van der Waals surface area contributed by atoms with Gasteiger partial charge in [-0.1, -0.05) is 60.7 Å². The Kier molecular flexibility index (Phi) is 4.96. The number of para-hydroxylation sites is 3. The zero-order valence-electron chi connectivity index (χ0n) is 16.8. The number of anilines is 1. The predicted molar refractivity (Wildman–Crippen MR) is 120 cm³/mol. The number of carbonyl (C=O) groups is 2. The van der Waals surface area contributed by atoms with E-state index in [2.05, 4.69) is 15.6 Å². The van der Waals surface area contributed by atoms with E-state index in [0.717, 1.165) is 22.2 Å². The molecule has 5 rings (SSSR count). The number of rotatable bonds is 5. The molecule has 4 aromatic rings. The standard InChI is InChI=1S/C25H22N4O2/c30-23-15-18(17-10-4-5-11-19(17)26-23)25(31)29-22(14-16-8-2-1-3-9-16)24-27-20-12-6-7-13-21(20)28-24/h1-13,18,22H,14-15H2,(H,26,30)(H,27,28)(H,29,31)/t18-,22+/m1/s1. The van der Waals surface area contributed by atoms with Crippen molar-refractivity contribution in [1.29, 1.82) is 0 Å². The molecule has 3 aromatic carbocycles. The van der Waals surface area contributed by atoms with Crippen molar-refractivity contribution in [3.63, 3.8) is 0 Å². The van der Waals surface area contributed by atoms with Crippen LogP contribution in [0.1, 0.15) is 35.3 Å². The Bertz CT molecular complexity index is 1220. The van der Waals surface area contributed by atoms with E-state index in [-0.39, 0.29) is 24.3 Å². The minimum Gasteiger partial charge on any atom is -0.345 e. The molecular formula is C25H22N4O2. The summed E-state index contributed by atoms with van der Waals surface area (Å²) in [6.45, 7) is 0. The lowest BCUT2D eigenvalue weighted by Crippen LogP contribution is -2.38. The summed E-state index contributed by atoms with van der Waals surface area (Å²) in [5.74, 6) is -0.162. The second-order valence-corrected chi connectivity index (χ2v) is 7.78. The Morgan fingerprint density at radius 1 is 1.00 bits per heavy atom. The Hall–Kier alpha value is -3.93. The molecule has 0 saturated carbocycles. The third-order valence-electron chi connectivity index (χ3n) is 5.65. The molecule has 0 bridgehead atoms. The molecule has 6 nitrogen and oxygen atoms in total. The maximum atomic E-state index is 13.4. The lowest BCUT2D eigenvalue weighted by molar-refractivity contribution is -0.127. The summed E-state index contributed by atoms with van der Waals surface area (Å²) < 4.78 is 0. The van der Waals surface area contributed by atoms with Gasteiger partial charge in [-0.3, -0.25) is 9.59 Å². The summed E-state index contributed by atoms with van der Waals surface area (Å²) in [4.78, 5) is 33.6. The Morgan fingerprint density at radius 3 is 2.58 bits per heavy atom. The molecule has 2 atom stereocenters. The minimum atomic E-state index is -0.535. The number of nitrogens with one attached hydrogen (secondary N) is 3. The van der Waals surface area contributed by atoms with Crippen molar-refractivity contribution in [3.05, 3.63) is 95.8 Å². The lowest BCUT2D eigenvalue weighted by atomic mass is 9.89. The van der Waals surface area contributed by atoms with Crippen LogP contribution in [0.2, 0.25) is 0 Å². The molecule has 2 amide bonds.